The molecule has 4 heterocycles. The molecule has 0 spiro atoms. The third kappa shape index (κ3) is 5.32. The minimum absolute atomic E-state index is 0.0205. The maximum atomic E-state index is 12.8. The predicted molar refractivity (Wildman–Crippen MR) is 127 cm³/mol. The van der Waals surface area contributed by atoms with Crippen molar-refractivity contribution in [3.05, 3.63) is 53.1 Å². The Hall–Kier alpha value is -3.54. The number of aromatic nitrogens is 5. The van der Waals surface area contributed by atoms with Crippen molar-refractivity contribution in [3.8, 4) is 5.82 Å². The summed E-state index contributed by atoms with van der Waals surface area (Å²) in [4.78, 5) is 23.4. The zero-order chi connectivity index (χ0) is 26.3. The Balaban J connectivity index is 1.44. The second kappa shape index (κ2) is 9.49. The van der Waals surface area contributed by atoms with Crippen molar-refractivity contribution >= 4 is 17.4 Å². The average Bonchev–Trinajstić information content (AvgIpc) is 3.19. The Morgan fingerprint density at radius 1 is 1.11 bits per heavy atom. The van der Waals surface area contributed by atoms with Gasteiger partial charge >= 0.3 is 6.18 Å². The molecule has 1 aliphatic rings. The number of carbonyl (C=O) groups is 1. The van der Waals surface area contributed by atoms with E-state index >= 15 is 0 Å². The molecule has 2 N–H and O–H groups in total. The van der Waals surface area contributed by atoms with E-state index in [1.165, 1.54) is 10.7 Å². The van der Waals surface area contributed by atoms with Crippen LogP contribution in [0.3, 0.4) is 0 Å². The molecule has 0 atom stereocenters. The van der Waals surface area contributed by atoms with Crippen LogP contribution in [-0.4, -0.2) is 54.7 Å². The van der Waals surface area contributed by atoms with Gasteiger partial charge in [0.15, 0.2) is 11.5 Å². The number of pyridine rings is 2. The fourth-order valence-electron chi connectivity index (χ4n) is 4.39. The first-order valence-electron chi connectivity index (χ1n) is 11.6. The smallest absolute Gasteiger partial charge is 0.390 e. The van der Waals surface area contributed by atoms with Crippen LogP contribution < -0.4 is 10.2 Å². The van der Waals surface area contributed by atoms with Crippen LogP contribution in [0.15, 0.2) is 30.6 Å². The van der Waals surface area contributed by atoms with Gasteiger partial charge in [0, 0.05) is 19.3 Å². The normalized spacial score (nSPS) is 15.3. The van der Waals surface area contributed by atoms with Crippen molar-refractivity contribution in [3.63, 3.8) is 0 Å². The number of halogens is 3. The number of hydrogen-bond acceptors (Lipinski definition) is 7. The molecule has 36 heavy (non-hydrogen) atoms. The summed E-state index contributed by atoms with van der Waals surface area (Å²) in [6, 6.07) is 3.88. The largest absolute Gasteiger partial charge is 0.417 e. The number of anilines is 2. The number of aryl methyl sites for hydroxylation is 1. The second-order valence-corrected chi connectivity index (χ2v) is 9.57. The summed E-state index contributed by atoms with van der Waals surface area (Å²) < 4.78 is 39.6. The maximum Gasteiger partial charge on any atom is 0.417 e. The molecule has 4 rings (SSSR count). The Morgan fingerprint density at radius 3 is 2.36 bits per heavy atom. The van der Waals surface area contributed by atoms with Gasteiger partial charge in [-0.2, -0.15) is 17.9 Å². The molecule has 0 bridgehead atoms. The van der Waals surface area contributed by atoms with Gasteiger partial charge in [0.1, 0.15) is 5.82 Å². The summed E-state index contributed by atoms with van der Waals surface area (Å²) in [5.41, 5.74) is 0.140. The highest BCUT2D eigenvalue weighted by molar-refractivity contribution is 6.03. The van der Waals surface area contributed by atoms with Gasteiger partial charge in [0.25, 0.3) is 5.91 Å². The lowest BCUT2D eigenvalue weighted by molar-refractivity contribution is -0.137. The molecule has 3 aromatic heterocycles. The zero-order valence-electron chi connectivity index (χ0n) is 20.5. The lowest BCUT2D eigenvalue weighted by Crippen LogP contribution is -2.42. The van der Waals surface area contributed by atoms with E-state index in [0.717, 1.165) is 43.4 Å². The van der Waals surface area contributed by atoms with Crippen molar-refractivity contribution in [2.75, 3.05) is 23.3 Å². The third-order valence-electron chi connectivity index (χ3n) is 6.50. The molecule has 1 amide bonds. The molecule has 192 valence electrons. The molecular formula is C24H28F3N7O2. The van der Waals surface area contributed by atoms with Crippen LogP contribution in [0.5, 0.6) is 0 Å². The Labute approximate surface area is 206 Å². The quantitative estimate of drug-likeness (QED) is 0.543. The third-order valence-corrected chi connectivity index (χ3v) is 6.50. The van der Waals surface area contributed by atoms with E-state index in [1.807, 2.05) is 26.8 Å². The number of nitrogens with one attached hydrogen (secondary N) is 1. The minimum Gasteiger partial charge on any atom is -0.390 e. The fraction of sp³-hybridized carbons (Fsp3) is 0.458. The molecule has 1 aliphatic heterocycles. The number of carbonyl (C=O) groups excluding carboxylic acids is 1. The van der Waals surface area contributed by atoms with Crippen molar-refractivity contribution in [2.24, 2.45) is 5.92 Å². The highest BCUT2D eigenvalue weighted by Gasteiger charge is 2.32. The highest BCUT2D eigenvalue weighted by atomic mass is 19.4. The number of hydrogen-bond donors (Lipinski definition) is 2. The van der Waals surface area contributed by atoms with E-state index in [2.05, 4.69) is 30.5 Å². The summed E-state index contributed by atoms with van der Waals surface area (Å²) in [6.07, 6.45) is -0.487. The fourth-order valence-corrected chi connectivity index (χ4v) is 4.39. The van der Waals surface area contributed by atoms with Crippen LogP contribution >= 0.6 is 0 Å². The zero-order valence-corrected chi connectivity index (χ0v) is 20.5. The molecule has 0 unspecified atom stereocenters. The first-order chi connectivity index (χ1) is 16.8. The predicted octanol–water partition coefficient (Wildman–Crippen LogP) is 3.93. The van der Waals surface area contributed by atoms with Gasteiger partial charge in [-0.05, 0) is 70.2 Å². The van der Waals surface area contributed by atoms with Crippen molar-refractivity contribution in [1.82, 2.24) is 25.0 Å². The molecule has 0 saturated carbocycles. The topological polar surface area (TPSA) is 109 Å². The average molecular weight is 504 g/mol. The van der Waals surface area contributed by atoms with Gasteiger partial charge in [0.05, 0.1) is 28.7 Å². The van der Waals surface area contributed by atoms with E-state index in [1.54, 1.807) is 13.1 Å². The molecule has 3 aromatic rings. The number of piperidine rings is 1. The summed E-state index contributed by atoms with van der Waals surface area (Å²) in [5.74, 6) is 0.660. The van der Waals surface area contributed by atoms with Crippen LogP contribution in [0.2, 0.25) is 0 Å². The van der Waals surface area contributed by atoms with Crippen LogP contribution in [0, 0.1) is 19.8 Å². The molecular weight excluding hydrogens is 475 g/mol. The molecule has 0 radical (unpaired) electrons. The standard InChI is InChI=1S/C24H28F3N7O2/c1-14-11-18(13-29-21(14)33-9-7-16(8-10-33)23(3,4)36)30-22(35)20-15(2)34(32-31-20)19-6-5-17(12-28-19)24(25,26)27/h5-6,11-13,16,36H,7-10H2,1-4H3,(H,30,35). The van der Waals surface area contributed by atoms with Gasteiger partial charge in [-0.1, -0.05) is 5.21 Å². The number of nitrogens with zero attached hydrogens (tertiary/aromatic N) is 6. The first-order valence-corrected chi connectivity index (χ1v) is 11.6. The monoisotopic (exact) mass is 503 g/mol. The van der Waals surface area contributed by atoms with Crippen LogP contribution in [0.1, 0.15) is 54.0 Å². The van der Waals surface area contributed by atoms with Gasteiger partial charge < -0.3 is 15.3 Å². The summed E-state index contributed by atoms with van der Waals surface area (Å²) in [5, 5.41) is 20.8. The first kappa shape index (κ1) is 25.5. The number of amides is 1. The number of aliphatic hydroxyl groups is 1. The van der Waals surface area contributed by atoms with E-state index in [-0.39, 0.29) is 17.4 Å². The summed E-state index contributed by atoms with van der Waals surface area (Å²) >= 11 is 0. The van der Waals surface area contributed by atoms with E-state index in [4.69, 9.17) is 0 Å². The van der Waals surface area contributed by atoms with Gasteiger partial charge in [-0.15, -0.1) is 5.10 Å². The van der Waals surface area contributed by atoms with E-state index in [9.17, 15) is 23.1 Å². The van der Waals surface area contributed by atoms with Gasteiger partial charge in [0.2, 0.25) is 0 Å². The van der Waals surface area contributed by atoms with Gasteiger partial charge in [-0.3, -0.25) is 4.79 Å². The highest BCUT2D eigenvalue weighted by Crippen LogP contribution is 2.31. The molecule has 0 aliphatic carbocycles. The van der Waals surface area contributed by atoms with Crippen molar-refractivity contribution in [2.45, 2.75) is 52.3 Å². The molecule has 0 aromatic carbocycles. The summed E-state index contributed by atoms with van der Waals surface area (Å²) in [6.45, 7) is 8.75. The second-order valence-electron chi connectivity index (χ2n) is 9.57. The summed E-state index contributed by atoms with van der Waals surface area (Å²) in [7, 11) is 0. The minimum atomic E-state index is -4.50. The number of rotatable bonds is 5. The van der Waals surface area contributed by atoms with Crippen molar-refractivity contribution in [1.29, 1.82) is 0 Å². The van der Waals surface area contributed by atoms with Crippen LogP contribution in [0.25, 0.3) is 5.82 Å². The maximum absolute atomic E-state index is 12.8. The van der Waals surface area contributed by atoms with E-state index in [0.29, 0.717) is 17.6 Å². The number of alkyl halides is 3. The Bertz CT molecular complexity index is 1240. The van der Waals surface area contributed by atoms with E-state index < -0.39 is 23.2 Å². The van der Waals surface area contributed by atoms with Crippen molar-refractivity contribution < 1.29 is 23.1 Å². The van der Waals surface area contributed by atoms with Gasteiger partial charge in [-0.25, -0.2) is 9.97 Å². The lowest BCUT2D eigenvalue weighted by Gasteiger charge is -2.38. The Morgan fingerprint density at radius 2 is 1.81 bits per heavy atom. The molecule has 1 fully saturated rings. The lowest BCUT2D eigenvalue weighted by atomic mass is 9.83. The Kier molecular flexibility index (Phi) is 6.74. The molecule has 12 heteroatoms. The van der Waals surface area contributed by atoms with Crippen LogP contribution in [-0.2, 0) is 6.18 Å². The van der Waals surface area contributed by atoms with Crippen LogP contribution in [0.4, 0.5) is 24.7 Å². The molecule has 1 saturated heterocycles. The molecule has 9 nitrogen and oxygen atoms in total. The SMILES string of the molecule is Cc1cc(NC(=O)c2nnn(-c3ccc(C(F)(F)F)cn3)c2C)cnc1N1CCC(C(C)(C)O)CC1.